The Kier molecular flexibility index (Phi) is 5.25. The van der Waals surface area contributed by atoms with Crippen molar-refractivity contribution in [1.82, 2.24) is 10.3 Å². The van der Waals surface area contributed by atoms with Crippen molar-refractivity contribution in [2.75, 3.05) is 6.54 Å². The van der Waals surface area contributed by atoms with Crippen LogP contribution in [0.25, 0.3) is 0 Å². The molecule has 0 aromatic heterocycles. The first kappa shape index (κ1) is 20.4. The van der Waals surface area contributed by atoms with Crippen molar-refractivity contribution >= 4 is 11.6 Å². The molecule has 2 bridgehead atoms. The van der Waals surface area contributed by atoms with E-state index in [1.54, 1.807) is 0 Å². The zero-order chi connectivity index (χ0) is 20.8. The van der Waals surface area contributed by atoms with Crippen LogP contribution < -0.4 is 5.32 Å². The maximum atomic E-state index is 13.4. The highest BCUT2D eigenvalue weighted by Gasteiger charge is 2.61. The van der Waals surface area contributed by atoms with Crippen LogP contribution in [0.5, 0.6) is 0 Å². The Morgan fingerprint density at radius 1 is 1.24 bits per heavy atom. The Morgan fingerprint density at radius 2 is 1.97 bits per heavy atom. The number of benzene rings is 1. The minimum absolute atomic E-state index is 0.0482. The first-order valence-corrected chi connectivity index (χ1v) is 11.5. The molecule has 4 heteroatoms. The maximum Gasteiger partial charge on any atom is 0.268 e. The number of carbonyl (C=O) groups excluding carboxylic acids is 1. The summed E-state index contributed by atoms with van der Waals surface area (Å²) in [6.45, 7) is 12.4. The number of unbranched alkanes of at least 4 members (excludes halogenated alkanes) is 1. The third kappa shape index (κ3) is 3.19. The lowest BCUT2D eigenvalue weighted by Crippen LogP contribution is -2.49. The van der Waals surface area contributed by atoms with Crippen molar-refractivity contribution in [2.24, 2.45) is 27.8 Å². The molecule has 1 aliphatic heterocycles. The van der Waals surface area contributed by atoms with Crippen LogP contribution in [-0.4, -0.2) is 29.2 Å². The summed E-state index contributed by atoms with van der Waals surface area (Å²) in [5.41, 5.74) is 2.44. The summed E-state index contributed by atoms with van der Waals surface area (Å²) in [5.74, 6) is 0.861. The second kappa shape index (κ2) is 7.45. The Hall–Kier alpha value is -1.84. The first-order chi connectivity index (χ1) is 13.8. The number of hydrogen-bond donors (Lipinski definition) is 1. The van der Waals surface area contributed by atoms with Gasteiger partial charge in [0.15, 0.2) is 0 Å². The van der Waals surface area contributed by atoms with Gasteiger partial charge in [0, 0.05) is 18.5 Å². The zero-order valence-corrected chi connectivity index (χ0v) is 18.7. The predicted molar refractivity (Wildman–Crippen MR) is 119 cm³/mol. The molecule has 1 amide bonds. The predicted octanol–water partition coefficient (Wildman–Crippen LogP) is 5.17. The normalized spacial score (nSPS) is 35.1. The molecule has 0 spiro atoms. The lowest BCUT2D eigenvalue weighted by molar-refractivity contribution is -0.116. The van der Waals surface area contributed by atoms with E-state index >= 15 is 0 Å². The van der Waals surface area contributed by atoms with Crippen molar-refractivity contribution in [1.29, 1.82) is 0 Å². The van der Waals surface area contributed by atoms with Crippen LogP contribution in [0.4, 0.5) is 0 Å². The molecular weight excluding hydrogens is 358 g/mol. The maximum absolute atomic E-state index is 13.4. The van der Waals surface area contributed by atoms with Crippen molar-refractivity contribution < 1.29 is 4.79 Å². The summed E-state index contributed by atoms with van der Waals surface area (Å²) in [6, 6.07) is 10.9. The number of carbonyl (C=O) groups is 1. The third-order valence-corrected chi connectivity index (χ3v) is 8.68. The van der Waals surface area contributed by atoms with Crippen LogP contribution in [0.15, 0.2) is 35.4 Å². The van der Waals surface area contributed by atoms with Gasteiger partial charge in [-0.1, -0.05) is 71.4 Å². The van der Waals surface area contributed by atoms with E-state index < -0.39 is 0 Å². The molecule has 1 heterocycles. The monoisotopic (exact) mass is 395 g/mol. The molecule has 3 aliphatic rings. The van der Waals surface area contributed by atoms with Gasteiger partial charge in [-0.15, -0.1) is 0 Å². The molecule has 29 heavy (non-hydrogen) atoms. The van der Waals surface area contributed by atoms with E-state index in [4.69, 9.17) is 5.10 Å². The number of fused-ring (bicyclic) bond motifs is 2. The SMILES string of the molecule is CCCCN1N=C(C(=O)N[C@H]2C[C@H]3CC[C@]2(C)C3(C)C)[C@H](C)[C@H]1c1ccccc1. The Morgan fingerprint density at radius 3 is 2.55 bits per heavy atom. The van der Waals surface area contributed by atoms with Crippen LogP contribution >= 0.6 is 0 Å². The Bertz CT molecular complexity index is 787. The van der Waals surface area contributed by atoms with Gasteiger partial charge >= 0.3 is 0 Å². The molecule has 1 N–H and O–H groups in total. The first-order valence-electron chi connectivity index (χ1n) is 11.5. The van der Waals surface area contributed by atoms with Gasteiger partial charge < -0.3 is 5.32 Å². The largest absolute Gasteiger partial charge is 0.348 e. The van der Waals surface area contributed by atoms with Crippen molar-refractivity contribution in [3.8, 4) is 0 Å². The summed E-state index contributed by atoms with van der Waals surface area (Å²) in [4.78, 5) is 13.4. The van der Waals surface area contributed by atoms with Crippen molar-refractivity contribution in [2.45, 2.75) is 78.8 Å². The molecule has 4 nitrogen and oxygen atoms in total. The van der Waals surface area contributed by atoms with Gasteiger partial charge in [0.2, 0.25) is 0 Å². The summed E-state index contributed by atoms with van der Waals surface area (Å²) >= 11 is 0. The van der Waals surface area contributed by atoms with Crippen molar-refractivity contribution in [3.05, 3.63) is 35.9 Å². The topological polar surface area (TPSA) is 44.7 Å². The lowest BCUT2D eigenvalue weighted by atomic mass is 9.69. The van der Waals surface area contributed by atoms with E-state index in [1.165, 1.54) is 18.4 Å². The minimum atomic E-state index is 0.0482. The average molecular weight is 396 g/mol. The summed E-state index contributed by atoms with van der Waals surface area (Å²) in [6.07, 6.45) is 5.84. The van der Waals surface area contributed by atoms with Gasteiger partial charge in [0.05, 0.1) is 6.04 Å². The molecule has 2 aliphatic carbocycles. The number of rotatable bonds is 6. The fourth-order valence-corrected chi connectivity index (χ4v) is 6.23. The molecule has 1 aromatic carbocycles. The van der Waals surface area contributed by atoms with E-state index in [1.807, 2.05) is 6.07 Å². The van der Waals surface area contributed by atoms with E-state index in [2.05, 4.69) is 69.2 Å². The molecule has 0 saturated heterocycles. The highest BCUT2D eigenvalue weighted by Crippen LogP contribution is 2.65. The molecule has 2 saturated carbocycles. The second-order valence-corrected chi connectivity index (χ2v) is 10.3. The summed E-state index contributed by atoms with van der Waals surface area (Å²) < 4.78 is 0. The van der Waals surface area contributed by atoms with Gasteiger partial charge in [-0.25, -0.2) is 0 Å². The lowest BCUT2D eigenvalue weighted by Gasteiger charge is -2.39. The Balaban J connectivity index is 1.53. The van der Waals surface area contributed by atoms with E-state index in [-0.39, 0.29) is 29.3 Å². The number of amides is 1. The average Bonchev–Trinajstić information content (AvgIpc) is 3.21. The highest BCUT2D eigenvalue weighted by molar-refractivity contribution is 6.40. The number of nitrogens with zero attached hydrogens (tertiary/aromatic N) is 2. The second-order valence-electron chi connectivity index (χ2n) is 10.3. The zero-order valence-electron chi connectivity index (χ0n) is 18.7. The van der Waals surface area contributed by atoms with Gasteiger partial charge in [-0.2, -0.15) is 5.10 Å². The van der Waals surface area contributed by atoms with Crippen LogP contribution in [-0.2, 0) is 4.79 Å². The molecule has 4 rings (SSSR count). The van der Waals surface area contributed by atoms with Gasteiger partial charge in [-0.3, -0.25) is 9.80 Å². The van der Waals surface area contributed by atoms with E-state index in [0.717, 1.165) is 31.7 Å². The fourth-order valence-electron chi connectivity index (χ4n) is 6.23. The van der Waals surface area contributed by atoms with E-state index in [9.17, 15) is 4.79 Å². The van der Waals surface area contributed by atoms with E-state index in [0.29, 0.717) is 11.1 Å². The molecular formula is C25H37N3O. The van der Waals surface area contributed by atoms with Crippen LogP contribution in [0.1, 0.15) is 78.3 Å². The van der Waals surface area contributed by atoms with Crippen molar-refractivity contribution in [3.63, 3.8) is 0 Å². The van der Waals surface area contributed by atoms with Gasteiger partial charge in [0.25, 0.3) is 5.91 Å². The molecule has 2 fully saturated rings. The number of hydrazone groups is 1. The minimum Gasteiger partial charge on any atom is -0.348 e. The van der Waals surface area contributed by atoms with Crippen LogP contribution in [0, 0.1) is 22.7 Å². The molecule has 0 radical (unpaired) electrons. The summed E-state index contributed by atoms with van der Waals surface area (Å²) in [5, 5.41) is 10.5. The summed E-state index contributed by atoms with van der Waals surface area (Å²) in [7, 11) is 0. The highest BCUT2D eigenvalue weighted by atomic mass is 16.2. The van der Waals surface area contributed by atoms with Gasteiger partial charge in [0.1, 0.15) is 5.71 Å². The smallest absolute Gasteiger partial charge is 0.268 e. The third-order valence-electron chi connectivity index (χ3n) is 8.68. The number of hydrogen-bond acceptors (Lipinski definition) is 3. The van der Waals surface area contributed by atoms with Crippen LogP contribution in [0.2, 0.25) is 0 Å². The molecule has 5 atom stereocenters. The molecule has 0 unspecified atom stereocenters. The standard InChI is InChI=1S/C25H37N3O/c1-6-7-15-28-22(18-11-9-8-10-12-18)17(2)21(27-28)23(29)26-20-16-19-13-14-25(20,5)24(19,3)4/h8-12,17,19-20,22H,6-7,13-16H2,1-5H3,(H,26,29)/t17-,19+,20-,22-,25-/m0/s1. The fraction of sp³-hybridized carbons (Fsp3) is 0.680. The quantitative estimate of drug-likeness (QED) is 0.722. The van der Waals surface area contributed by atoms with Crippen LogP contribution in [0.3, 0.4) is 0 Å². The molecule has 158 valence electrons. The van der Waals surface area contributed by atoms with Gasteiger partial charge in [-0.05, 0) is 48.0 Å². The Labute approximate surface area is 176 Å². The molecule has 1 aromatic rings. The number of nitrogens with one attached hydrogen (secondary N) is 1.